The van der Waals surface area contributed by atoms with E-state index >= 15 is 0 Å². The van der Waals surface area contributed by atoms with Crippen LogP contribution in [0.4, 0.5) is 5.69 Å². The highest BCUT2D eigenvalue weighted by Gasteiger charge is 2.25. The van der Waals surface area contributed by atoms with Gasteiger partial charge in [-0.15, -0.1) is 0 Å². The summed E-state index contributed by atoms with van der Waals surface area (Å²) < 4.78 is 5.42. The first-order valence-electron chi connectivity index (χ1n) is 11.7. The van der Waals surface area contributed by atoms with Gasteiger partial charge in [-0.2, -0.15) is 0 Å². The molecule has 3 aromatic rings. The number of aryl methyl sites for hydroxylation is 1. The second-order valence-electron chi connectivity index (χ2n) is 9.06. The van der Waals surface area contributed by atoms with E-state index < -0.39 is 0 Å². The average molecular weight is 447 g/mol. The molecule has 33 heavy (non-hydrogen) atoms. The topological polar surface area (TPSA) is 78.8 Å². The normalized spacial score (nSPS) is 17.5. The van der Waals surface area contributed by atoms with Gasteiger partial charge in [0, 0.05) is 63.1 Å². The molecule has 7 nitrogen and oxygen atoms in total. The van der Waals surface area contributed by atoms with Crippen LogP contribution in [0.1, 0.15) is 24.8 Å². The number of para-hydroxylation sites is 1. The summed E-state index contributed by atoms with van der Waals surface area (Å²) in [6.45, 7) is 6.67. The summed E-state index contributed by atoms with van der Waals surface area (Å²) in [5.74, 6) is 1.42. The molecule has 5 rings (SSSR count). The number of hydrogen-bond donors (Lipinski definition) is 1. The van der Waals surface area contributed by atoms with Crippen molar-refractivity contribution in [2.24, 2.45) is 5.92 Å². The predicted molar refractivity (Wildman–Crippen MR) is 128 cm³/mol. The van der Waals surface area contributed by atoms with Crippen LogP contribution in [0, 0.1) is 12.8 Å². The number of rotatable bonds is 4. The number of hydrogen-bond acceptors (Lipinski definition) is 6. The molecule has 1 amide bonds. The Hall–Kier alpha value is -3.19. The number of benzene rings is 2. The molecule has 0 atom stereocenters. The van der Waals surface area contributed by atoms with Gasteiger partial charge >= 0.3 is 0 Å². The second-order valence-corrected chi connectivity index (χ2v) is 9.06. The zero-order valence-electron chi connectivity index (χ0n) is 19.0. The molecule has 7 heteroatoms. The van der Waals surface area contributed by atoms with Gasteiger partial charge in [0.2, 0.25) is 5.91 Å². The van der Waals surface area contributed by atoms with Crippen LogP contribution < -0.4 is 4.90 Å². The Labute approximate surface area is 194 Å². The van der Waals surface area contributed by atoms with Gasteiger partial charge in [-0.25, -0.2) is 9.97 Å². The molecule has 2 aliphatic heterocycles. The summed E-state index contributed by atoms with van der Waals surface area (Å²) in [4.78, 5) is 26.5. The number of aromatic hydroxyl groups is 1. The average Bonchev–Trinajstić information content (AvgIpc) is 2.84. The second kappa shape index (κ2) is 9.35. The highest BCUT2D eigenvalue weighted by Crippen LogP contribution is 2.32. The van der Waals surface area contributed by atoms with E-state index in [0.717, 1.165) is 74.4 Å². The summed E-state index contributed by atoms with van der Waals surface area (Å²) in [5, 5.41) is 11.2. The fourth-order valence-corrected chi connectivity index (χ4v) is 4.83. The van der Waals surface area contributed by atoms with Gasteiger partial charge in [0.1, 0.15) is 5.75 Å². The molecule has 0 unspecified atom stereocenters. The van der Waals surface area contributed by atoms with E-state index in [9.17, 15) is 9.90 Å². The summed E-state index contributed by atoms with van der Waals surface area (Å²) in [7, 11) is 0. The number of piperazine rings is 1. The molecule has 3 heterocycles. The van der Waals surface area contributed by atoms with Crippen LogP contribution in [0.25, 0.3) is 22.3 Å². The van der Waals surface area contributed by atoms with Crippen LogP contribution in [0.2, 0.25) is 0 Å². The highest BCUT2D eigenvalue weighted by atomic mass is 16.5. The number of carbonyl (C=O) groups excluding carboxylic acids is 1. The van der Waals surface area contributed by atoms with Crippen molar-refractivity contribution >= 4 is 22.5 Å². The smallest absolute Gasteiger partial charge is 0.222 e. The molecule has 1 N–H and O–H groups in total. The third-order valence-corrected chi connectivity index (χ3v) is 6.75. The SMILES string of the molecule is Cc1cc(N2CCN(C(=O)CC3CCOCC3)CC2)c2cnc(-c3ccccc3O)nc2c1. The number of phenolic OH excluding ortho intramolecular Hbond substituents is 1. The minimum atomic E-state index is 0.172. The van der Waals surface area contributed by atoms with Crippen LogP contribution in [0.3, 0.4) is 0 Å². The molecule has 2 fully saturated rings. The van der Waals surface area contributed by atoms with E-state index in [1.807, 2.05) is 23.2 Å². The van der Waals surface area contributed by atoms with Crippen LogP contribution >= 0.6 is 0 Å². The lowest BCUT2D eigenvalue weighted by molar-refractivity contribution is -0.133. The standard InChI is InChI=1S/C26H30N4O3/c1-18-14-22-21(17-27-26(28-22)20-4-2-3-5-24(20)31)23(15-18)29-8-10-30(11-9-29)25(32)16-19-6-12-33-13-7-19/h2-5,14-15,17,19,31H,6-13,16H2,1H3. The summed E-state index contributed by atoms with van der Waals surface area (Å²) in [6, 6.07) is 11.4. The first-order valence-corrected chi connectivity index (χ1v) is 11.7. The zero-order chi connectivity index (χ0) is 22.8. The van der Waals surface area contributed by atoms with Crippen LogP contribution in [-0.2, 0) is 9.53 Å². The van der Waals surface area contributed by atoms with Crippen molar-refractivity contribution in [1.82, 2.24) is 14.9 Å². The molecule has 1 aromatic heterocycles. The Morgan fingerprint density at radius 1 is 1.12 bits per heavy atom. The lowest BCUT2D eigenvalue weighted by Crippen LogP contribution is -2.49. The Morgan fingerprint density at radius 2 is 1.88 bits per heavy atom. The Kier molecular flexibility index (Phi) is 6.13. The molecule has 0 bridgehead atoms. The number of fused-ring (bicyclic) bond motifs is 1. The third kappa shape index (κ3) is 4.64. The molecule has 0 spiro atoms. The van der Waals surface area contributed by atoms with Crippen LogP contribution in [0.5, 0.6) is 5.75 Å². The number of carbonyl (C=O) groups is 1. The maximum Gasteiger partial charge on any atom is 0.222 e. The van der Waals surface area contributed by atoms with Gasteiger partial charge in [-0.3, -0.25) is 4.79 Å². The van der Waals surface area contributed by atoms with Crippen molar-refractivity contribution in [2.75, 3.05) is 44.3 Å². The molecule has 0 aliphatic carbocycles. The largest absolute Gasteiger partial charge is 0.507 e. The first kappa shape index (κ1) is 21.6. The Bertz CT molecular complexity index is 1150. The van der Waals surface area contributed by atoms with Crippen molar-refractivity contribution in [3.05, 3.63) is 48.2 Å². The fraction of sp³-hybridized carbons (Fsp3) is 0.423. The number of phenols is 1. The number of aromatic nitrogens is 2. The van der Waals surface area contributed by atoms with E-state index in [-0.39, 0.29) is 11.7 Å². The van der Waals surface area contributed by atoms with Gasteiger partial charge < -0.3 is 19.6 Å². The summed E-state index contributed by atoms with van der Waals surface area (Å²) in [5.41, 5.74) is 3.71. The Morgan fingerprint density at radius 3 is 2.64 bits per heavy atom. The lowest BCUT2D eigenvalue weighted by atomic mass is 9.96. The maximum absolute atomic E-state index is 12.8. The minimum absolute atomic E-state index is 0.172. The van der Waals surface area contributed by atoms with Crippen molar-refractivity contribution in [3.63, 3.8) is 0 Å². The van der Waals surface area contributed by atoms with Crippen molar-refractivity contribution in [3.8, 4) is 17.1 Å². The van der Waals surface area contributed by atoms with Crippen molar-refractivity contribution in [1.29, 1.82) is 0 Å². The molecule has 172 valence electrons. The molecule has 0 radical (unpaired) electrons. The molecular formula is C26H30N4O3. The molecule has 2 aliphatic rings. The molecular weight excluding hydrogens is 416 g/mol. The quantitative estimate of drug-likeness (QED) is 0.657. The fourth-order valence-electron chi connectivity index (χ4n) is 4.83. The first-order chi connectivity index (χ1) is 16.1. The minimum Gasteiger partial charge on any atom is -0.507 e. The summed E-state index contributed by atoms with van der Waals surface area (Å²) >= 11 is 0. The number of nitrogens with zero attached hydrogens (tertiary/aromatic N) is 4. The third-order valence-electron chi connectivity index (χ3n) is 6.75. The van der Waals surface area contributed by atoms with Crippen LogP contribution in [0.15, 0.2) is 42.6 Å². The summed E-state index contributed by atoms with van der Waals surface area (Å²) in [6.07, 6.45) is 4.47. The van der Waals surface area contributed by atoms with E-state index in [4.69, 9.17) is 9.72 Å². The van der Waals surface area contributed by atoms with Gasteiger partial charge in [0.15, 0.2) is 5.82 Å². The van der Waals surface area contributed by atoms with Crippen molar-refractivity contribution in [2.45, 2.75) is 26.2 Å². The Balaban J connectivity index is 1.33. The van der Waals surface area contributed by atoms with Gasteiger partial charge in [-0.05, 0) is 55.5 Å². The lowest BCUT2D eigenvalue weighted by Gasteiger charge is -2.37. The monoisotopic (exact) mass is 446 g/mol. The number of anilines is 1. The predicted octanol–water partition coefficient (Wildman–Crippen LogP) is 3.78. The van der Waals surface area contributed by atoms with E-state index in [1.165, 1.54) is 0 Å². The highest BCUT2D eigenvalue weighted by molar-refractivity contribution is 5.93. The molecule has 2 aromatic carbocycles. The molecule has 0 saturated carbocycles. The van der Waals surface area contributed by atoms with Gasteiger partial charge in [-0.1, -0.05) is 12.1 Å². The molecule has 2 saturated heterocycles. The van der Waals surface area contributed by atoms with Gasteiger partial charge in [0.05, 0.1) is 11.1 Å². The number of ether oxygens (including phenoxy) is 1. The van der Waals surface area contributed by atoms with Crippen LogP contribution in [-0.4, -0.2) is 65.3 Å². The number of amides is 1. The van der Waals surface area contributed by atoms with Gasteiger partial charge in [0.25, 0.3) is 0 Å². The van der Waals surface area contributed by atoms with E-state index in [0.29, 0.717) is 23.7 Å². The maximum atomic E-state index is 12.8. The van der Waals surface area contributed by atoms with Crippen molar-refractivity contribution < 1.29 is 14.6 Å². The zero-order valence-corrected chi connectivity index (χ0v) is 19.0. The van der Waals surface area contributed by atoms with E-state index in [2.05, 4.69) is 28.9 Å². The van der Waals surface area contributed by atoms with E-state index in [1.54, 1.807) is 12.1 Å².